The molecule has 0 amide bonds. The van der Waals surface area contributed by atoms with Crippen molar-refractivity contribution >= 4 is 6.34 Å². The SMILES string of the molecule is FC(F)(F)N1C=NC=CC1. The van der Waals surface area contributed by atoms with E-state index in [0.29, 0.717) is 0 Å². The Bertz CT molecular complexity index is 170. The molecule has 0 N–H and O–H groups in total. The normalized spacial score (nSPS) is 18.1. The average Bonchev–Trinajstić information content (AvgIpc) is 1.88. The van der Waals surface area contributed by atoms with Gasteiger partial charge in [-0.15, -0.1) is 0 Å². The van der Waals surface area contributed by atoms with Crippen molar-refractivity contribution in [1.82, 2.24) is 4.90 Å². The van der Waals surface area contributed by atoms with E-state index in [1.807, 2.05) is 0 Å². The van der Waals surface area contributed by atoms with E-state index in [1.54, 1.807) is 0 Å². The second-order valence-corrected chi connectivity index (χ2v) is 1.77. The second kappa shape index (κ2) is 2.32. The molecule has 1 aliphatic rings. The van der Waals surface area contributed by atoms with Gasteiger partial charge in [0.1, 0.15) is 0 Å². The van der Waals surface area contributed by atoms with Crippen LogP contribution in [0.5, 0.6) is 0 Å². The van der Waals surface area contributed by atoms with E-state index in [9.17, 15) is 13.2 Å². The molecular weight excluding hydrogens is 145 g/mol. The van der Waals surface area contributed by atoms with Gasteiger partial charge in [-0.1, -0.05) is 0 Å². The molecule has 0 saturated carbocycles. The van der Waals surface area contributed by atoms with Gasteiger partial charge in [0.2, 0.25) is 0 Å². The molecular formula is C5H5F3N2. The summed E-state index contributed by atoms with van der Waals surface area (Å²) in [5.74, 6) is 0. The average molecular weight is 150 g/mol. The van der Waals surface area contributed by atoms with Gasteiger partial charge in [-0.25, -0.2) is 4.99 Å². The smallest absolute Gasteiger partial charge is 0.270 e. The monoisotopic (exact) mass is 150 g/mol. The van der Waals surface area contributed by atoms with Gasteiger partial charge in [-0.3, -0.25) is 4.90 Å². The van der Waals surface area contributed by atoms with Crippen LogP contribution >= 0.6 is 0 Å². The molecule has 1 rings (SSSR count). The van der Waals surface area contributed by atoms with Crippen molar-refractivity contribution in [3.63, 3.8) is 0 Å². The van der Waals surface area contributed by atoms with Crippen LogP contribution in [-0.4, -0.2) is 24.1 Å². The Kier molecular flexibility index (Phi) is 1.65. The predicted molar refractivity (Wildman–Crippen MR) is 30.4 cm³/mol. The Morgan fingerprint density at radius 1 is 1.40 bits per heavy atom. The van der Waals surface area contributed by atoms with Crippen LogP contribution < -0.4 is 0 Å². The van der Waals surface area contributed by atoms with E-state index in [-0.39, 0.29) is 11.4 Å². The first kappa shape index (κ1) is 7.11. The summed E-state index contributed by atoms with van der Waals surface area (Å²) < 4.78 is 35.2. The summed E-state index contributed by atoms with van der Waals surface area (Å²) in [7, 11) is 0. The molecule has 0 spiro atoms. The zero-order valence-corrected chi connectivity index (χ0v) is 4.97. The van der Waals surface area contributed by atoms with Crippen molar-refractivity contribution in [1.29, 1.82) is 0 Å². The molecule has 0 radical (unpaired) electrons. The molecule has 0 saturated heterocycles. The largest absolute Gasteiger partial charge is 0.485 e. The van der Waals surface area contributed by atoms with Gasteiger partial charge in [0.05, 0.1) is 6.34 Å². The van der Waals surface area contributed by atoms with Gasteiger partial charge in [0, 0.05) is 12.7 Å². The van der Waals surface area contributed by atoms with E-state index in [2.05, 4.69) is 4.99 Å². The molecule has 0 unspecified atom stereocenters. The highest BCUT2D eigenvalue weighted by Crippen LogP contribution is 2.19. The Morgan fingerprint density at radius 3 is 2.40 bits per heavy atom. The predicted octanol–water partition coefficient (Wildman–Crippen LogP) is 1.36. The quantitative estimate of drug-likeness (QED) is 0.476. The third-order valence-corrected chi connectivity index (χ3v) is 1.03. The molecule has 1 aliphatic heterocycles. The minimum Gasteiger partial charge on any atom is -0.270 e. The Morgan fingerprint density at radius 2 is 2.10 bits per heavy atom. The van der Waals surface area contributed by atoms with Crippen LogP contribution in [0, 0.1) is 0 Å². The van der Waals surface area contributed by atoms with E-state index in [1.165, 1.54) is 12.3 Å². The lowest BCUT2D eigenvalue weighted by Gasteiger charge is -2.21. The lowest BCUT2D eigenvalue weighted by molar-refractivity contribution is -0.212. The van der Waals surface area contributed by atoms with Gasteiger partial charge in [-0.05, 0) is 6.08 Å². The Labute approximate surface area is 55.7 Å². The van der Waals surface area contributed by atoms with Crippen molar-refractivity contribution in [3.05, 3.63) is 12.3 Å². The van der Waals surface area contributed by atoms with E-state index in [4.69, 9.17) is 0 Å². The molecule has 0 bridgehead atoms. The zero-order chi connectivity index (χ0) is 7.61. The van der Waals surface area contributed by atoms with Crippen molar-refractivity contribution in [2.75, 3.05) is 6.54 Å². The first-order chi connectivity index (χ1) is 4.61. The van der Waals surface area contributed by atoms with Gasteiger partial charge in [0.15, 0.2) is 0 Å². The third kappa shape index (κ3) is 1.49. The maximum Gasteiger partial charge on any atom is 0.485 e. The highest BCUT2D eigenvalue weighted by atomic mass is 19.4. The van der Waals surface area contributed by atoms with Crippen LogP contribution in [0.3, 0.4) is 0 Å². The summed E-state index contributed by atoms with van der Waals surface area (Å²) >= 11 is 0. The fraction of sp³-hybridized carbons (Fsp3) is 0.400. The summed E-state index contributed by atoms with van der Waals surface area (Å²) in [4.78, 5) is 3.53. The topological polar surface area (TPSA) is 15.6 Å². The summed E-state index contributed by atoms with van der Waals surface area (Å²) in [6.07, 6.45) is -0.857. The summed E-state index contributed by atoms with van der Waals surface area (Å²) in [5, 5.41) is 0. The minimum absolute atomic E-state index is 0.146. The maximum atomic E-state index is 11.7. The van der Waals surface area contributed by atoms with Crippen LogP contribution in [-0.2, 0) is 0 Å². The number of nitrogens with zero attached hydrogens (tertiary/aromatic N) is 2. The van der Waals surface area contributed by atoms with Crippen molar-refractivity contribution in [3.8, 4) is 0 Å². The number of rotatable bonds is 0. The molecule has 2 nitrogen and oxygen atoms in total. The molecule has 1 heterocycles. The summed E-state index contributed by atoms with van der Waals surface area (Å²) in [5.41, 5.74) is 0. The standard InChI is InChI=1S/C5H5F3N2/c6-5(7,8)10-3-1-2-9-4-10/h1-2,4H,3H2. The Hall–Kier alpha value is -1.00. The number of halogens is 3. The molecule has 10 heavy (non-hydrogen) atoms. The molecule has 0 aromatic carbocycles. The van der Waals surface area contributed by atoms with E-state index < -0.39 is 6.30 Å². The van der Waals surface area contributed by atoms with Crippen molar-refractivity contribution in [2.24, 2.45) is 4.99 Å². The second-order valence-electron chi connectivity index (χ2n) is 1.77. The lowest BCUT2D eigenvalue weighted by Crippen LogP contribution is -2.37. The first-order valence-corrected chi connectivity index (χ1v) is 2.62. The highest BCUT2D eigenvalue weighted by Gasteiger charge is 2.34. The van der Waals surface area contributed by atoms with Crippen LogP contribution in [0.4, 0.5) is 13.2 Å². The fourth-order valence-corrected chi connectivity index (χ4v) is 0.557. The van der Waals surface area contributed by atoms with E-state index >= 15 is 0 Å². The minimum atomic E-state index is -4.30. The number of alkyl halides is 3. The fourth-order valence-electron chi connectivity index (χ4n) is 0.557. The van der Waals surface area contributed by atoms with Gasteiger partial charge in [-0.2, -0.15) is 13.2 Å². The van der Waals surface area contributed by atoms with Gasteiger partial charge < -0.3 is 0 Å². The molecule has 0 atom stereocenters. The first-order valence-electron chi connectivity index (χ1n) is 2.62. The highest BCUT2D eigenvalue weighted by molar-refractivity contribution is 5.57. The maximum absolute atomic E-state index is 11.7. The zero-order valence-electron chi connectivity index (χ0n) is 4.97. The molecule has 0 aliphatic carbocycles. The van der Waals surface area contributed by atoms with Crippen LogP contribution in [0.2, 0.25) is 0 Å². The van der Waals surface area contributed by atoms with Crippen LogP contribution in [0.1, 0.15) is 0 Å². The molecule has 56 valence electrons. The summed E-state index contributed by atoms with van der Waals surface area (Å²) in [6.45, 7) is -0.146. The third-order valence-electron chi connectivity index (χ3n) is 1.03. The van der Waals surface area contributed by atoms with Gasteiger partial charge in [0.25, 0.3) is 0 Å². The van der Waals surface area contributed by atoms with E-state index in [0.717, 1.165) is 6.34 Å². The van der Waals surface area contributed by atoms with Crippen molar-refractivity contribution in [2.45, 2.75) is 6.30 Å². The molecule has 5 heteroatoms. The molecule has 0 aromatic rings. The van der Waals surface area contributed by atoms with Crippen LogP contribution in [0.25, 0.3) is 0 Å². The van der Waals surface area contributed by atoms with Gasteiger partial charge >= 0.3 is 6.30 Å². The number of hydrogen-bond acceptors (Lipinski definition) is 2. The molecule has 0 fully saturated rings. The van der Waals surface area contributed by atoms with Crippen LogP contribution in [0.15, 0.2) is 17.3 Å². The molecule has 0 aromatic heterocycles. The number of aliphatic imine (C=N–C) groups is 1. The van der Waals surface area contributed by atoms with Crippen molar-refractivity contribution < 1.29 is 13.2 Å². The number of hydrogen-bond donors (Lipinski definition) is 0. The lowest BCUT2D eigenvalue weighted by atomic mass is 10.5. The summed E-state index contributed by atoms with van der Waals surface area (Å²) in [6, 6.07) is 0. The Balaban J connectivity index is 2.60.